The van der Waals surface area contributed by atoms with Gasteiger partial charge in [0.1, 0.15) is 5.56 Å². The van der Waals surface area contributed by atoms with E-state index in [1.165, 1.54) is 0 Å². The summed E-state index contributed by atoms with van der Waals surface area (Å²) in [5.41, 5.74) is 2.36. The first-order chi connectivity index (χ1) is 7.90. The highest BCUT2D eigenvalue weighted by Crippen LogP contribution is 2.37. The molecule has 1 aromatic heterocycles. The molecule has 0 fully saturated rings. The third-order valence-corrected chi connectivity index (χ3v) is 1.89. The van der Waals surface area contributed by atoms with Crippen LogP contribution in [0.25, 0.3) is 0 Å². The Balaban J connectivity index is 3.61. The molecule has 0 bridgehead atoms. The van der Waals surface area contributed by atoms with Gasteiger partial charge in [0.25, 0.3) is 12.3 Å². The zero-order valence-corrected chi connectivity index (χ0v) is 8.52. The van der Waals surface area contributed by atoms with Crippen LogP contribution in [0.4, 0.5) is 14.5 Å². The highest BCUT2D eigenvalue weighted by Gasteiger charge is 2.32. The second-order valence-electron chi connectivity index (χ2n) is 2.86. The number of amides is 1. The average Bonchev–Trinajstić information content (AvgIpc) is 2.26. The molecule has 2 N–H and O–H groups in total. The molecule has 0 saturated heterocycles. The van der Waals surface area contributed by atoms with Crippen LogP contribution in [0.15, 0.2) is 6.20 Å². The number of aromatic nitrogens is 1. The molecule has 0 radical (unpaired) electrons. The molecule has 0 aromatic carbocycles. The zero-order valence-electron chi connectivity index (χ0n) is 8.52. The van der Waals surface area contributed by atoms with E-state index in [1.807, 2.05) is 0 Å². The Kier molecular flexibility index (Phi) is 3.51. The van der Waals surface area contributed by atoms with Gasteiger partial charge in [0.05, 0.1) is 12.0 Å². The van der Waals surface area contributed by atoms with Crippen LogP contribution in [0.2, 0.25) is 0 Å². The lowest BCUT2D eigenvalue weighted by Crippen LogP contribution is -2.15. The molecule has 0 unspecified atom stereocenters. The van der Waals surface area contributed by atoms with Crippen LogP contribution >= 0.6 is 0 Å². The van der Waals surface area contributed by atoms with Gasteiger partial charge in [-0.15, -0.1) is 0 Å². The molecular formula is C8H7F2N3O4. The Morgan fingerprint density at radius 1 is 1.65 bits per heavy atom. The number of rotatable bonds is 4. The van der Waals surface area contributed by atoms with Gasteiger partial charge in [-0.2, -0.15) is 0 Å². The predicted octanol–water partition coefficient (Wildman–Crippen LogP) is 1.03. The summed E-state index contributed by atoms with van der Waals surface area (Å²) in [6, 6.07) is 0. The van der Waals surface area contributed by atoms with Crippen molar-refractivity contribution < 1.29 is 23.2 Å². The topological polar surface area (TPSA) is 108 Å². The maximum absolute atomic E-state index is 12.5. The van der Waals surface area contributed by atoms with Crippen molar-refractivity contribution in [2.75, 3.05) is 7.11 Å². The largest absolute Gasteiger partial charge is 0.489 e. The predicted molar refractivity (Wildman–Crippen MR) is 50.9 cm³/mol. The number of carbonyl (C=O) groups excluding carboxylic acids is 1. The fourth-order valence-corrected chi connectivity index (χ4v) is 1.22. The maximum Gasteiger partial charge on any atom is 0.338 e. The van der Waals surface area contributed by atoms with Crippen molar-refractivity contribution in [3.05, 3.63) is 27.6 Å². The number of hydrogen-bond donors (Lipinski definition) is 1. The summed E-state index contributed by atoms with van der Waals surface area (Å²) in [4.78, 5) is 23.7. The first-order valence-electron chi connectivity index (χ1n) is 4.19. The smallest absolute Gasteiger partial charge is 0.338 e. The molecule has 9 heteroatoms. The van der Waals surface area contributed by atoms with Crippen LogP contribution in [-0.4, -0.2) is 22.9 Å². The zero-order chi connectivity index (χ0) is 13.2. The van der Waals surface area contributed by atoms with E-state index in [4.69, 9.17) is 5.73 Å². The van der Waals surface area contributed by atoms with E-state index in [0.717, 1.165) is 13.3 Å². The first kappa shape index (κ1) is 12.7. The molecule has 1 rings (SSSR count). The number of nitrogens with zero attached hydrogens (tertiary/aromatic N) is 2. The SMILES string of the molecule is COc1c(C(N)=O)cnc(C(F)F)c1[N+](=O)[O-]. The number of primary amides is 1. The van der Waals surface area contributed by atoms with Crippen molar-refractivity contribution >= 4 is 11.6 Å². The second-order valence-corrected chi connectivity index (χ2v) is 2.86. The van der Waals surface area contributed by atoms with Gasteiger partial charge in [-0.25, -0.2) is 13.8 Å². The van der Waals surface area contributed by atoms with Gasteiger partial charge < -0.3 is 10.5 Å². The van der Waals surface area contributed by atoms with Gasteiger partial charge in [0.2, 0.25) is 5.75 Å². The molecule has 1 aromatic rings. The number of alkyl halides is 2. The number of nitrogens with two attached hydrogens (primary N) is 1. The summed E-state index contributed by atoms with van der Waals surface area (Å²) in [6.45, 7) is 0. The fraction of sp³-hybridized carbons (Fsp3) is 0.250. The molecule has 7 nitrogen and oxygen atoms in total. The molecular weight excluding hydrogens is 240 g/mol. The Hall–Kier alpha value is -2.32. The van der Waals surface area contributed by atoms with Crippen LogP contribution in [-0.2, 0) is 0 Å². The molecule has 0 aliphatic carbocycles. The van der Waals surface area contributed by atoms with Gasteiger partial charge in [0, 0.05) is 6.20 Å². The summed E-state index contributed by atoms with van der Waals surface area (Å²) in [6.07, 6.45) is -2.44. The Morgan fingerprint density at radius 2 is 2.24 bits per heavy atom. The van der Waals surface area contributed by atoms with E-state index in [2.05, 4.69) is 9.72 Å². The number of pyridine rings is 1. The maximum atomic E-state index is 12.5. The summed E-state index contributed by atoms with van der Waals surface area (Å²) >= 11 is 0. The van der Waals surface area contributed by atoms with Gasteiger partial charge in [-0.1, -0.05) is 0 Å². The Labute approximate surface area is 93.3 Å². The second kappa shape index (κ2) is 4.68. The van der Waals surface area contributed by atoms with E-state index < -0.39 is 40.0 Å². The number of ether oxygens (including phenoxy) is 1. The number of halogens is 2. The lowest BCUT2D eigenvalue weighted by Gasteiger charge is -2.08. The quantitative estimate of drug-likeness (QED) is 0.631. The summed E-state index contributed by atoms with van der Waals surface area (Å²) in [5.74, 6) is -1.67. The summed E-state index contributed by atoms with van der Waals surface area (Å²) < 4.78 is 29.6. The van der Waals surface area contributed by atoms with Crippen molar-refractivity contribution in [2.45, 2.75) is 6.43 Å². The number of hydrogen-bond acceptors (Lipinski definition) is 5. The van der Waals surface area contributed by atoms with Crippen molar-refractivity contribution in [1.29, 1.82) is 0 Å². The van der Waals surface area contributed by atoms with Crippen molar-refractivity contribution in [3.8, 4) is 5.75 Å². The first-order valence-corrected chi connectivity index (χ1v) is 4.19. The van der Waals surface area contributed by atoms with E-state index in [0.29, 0.717) is 0 Å². The summed E-state index contributed by atoms with van der Waals surface area (Å²) in [7, 11) is 1.00. The Morgan fingerprint density at radius 3 is 2.59 bits per heavy atom. The highest BCUT2D eigenvalue weighted by atomic mass is 19.3. The van der Waals surface area contributed by atoms with E-state index in [9.17, 15) is 23.7 Å². The van der Waals surface area contributed by atoms with Crippen LogP contribution in [0.5, 0.6) is 5.75 Å². The molecule has 0 saturated carbocycles. The van der Waals surface area contributed by atoms with Gasteiger partial charge in [-0.3, -0.25) is 14.9 Å². The lowest BCUT2D eigenvalue weighted by atomic mass is 10.2. The fourth-order valence-electron chi connectivity index (χ4n) is 1.22. The number of methoxy groups -OCH3 is 1. The average molecular weight is 247 g/mol. The standard InChI is InChI=1S/C8H7F2N3O4/c1-17-6-3(8(11)14)2-12-4(7(9)10)5(6)13(15)16/h2,7H,1H3,(H2,11,14). The van der Waals surface area contributed by atoms with E-state index in [-0.39, 0.29) is 0 Å². The Bertz CT molecular complexity index is 478. The van der Waals surface area contributed by atoms with Crippen molar-refractivity contribution in [2.24, 2.45) is 5.73 Å². The van der Waals surface area contributed by atoms with Gasteiger partial charge in [-0.05, 0) is 0 Å². The van der Waals surface area contributed by atoms with Gasteiger partial charge >= 0.3 is 5.69 Å². The van der Waals surface area contributed by atoms with Crippen LogP contribution < -0.4 is 10.5 Å². The molecule has 1 amide bonds. The van der Waals surface area contributed by atoms with Gasteiger partial charge in [0.15, 0.2) is 5.69 Å². The van der Waals surface area contributed by atoms with E-state index in [1.54, 1.807) is 0 Å². The molecule has 0 spiro atoms. The number of nitro groups is 1. The minimum atomic E-state index is -3.16. The van der Waals surface area contributed by atoms with Crippen molar-refractivity contribution in [3.63, 3.8) is 0 Å². The molecule has 0 aliphatic rings. The third-order valence-electron chi connectivity index (χ3n) is 1.89. The normalized spacial score (nSPS) is 10.4. The van der Waals surface area contributed by atoms with Crippen molar-refractivity contribution in [1.82, 2.24) is 4.98 Å². The van der Waals surface area contributed by atoms with Crippen LogP contribution in [0, 0.1) is 10.1 Å². The molecule has 0 atom stereocenters. The molecule has 92 valence electrons. The summed E-state index contributed by atoms with van der Waals surface area (Å²) in [5, 5.41) is 10.7. The lowest BCUT2D eigenvalue weighted by molar-refractivity contribution is -0.387. The molecule has 17 heavy (non-hydrogen) atoms. The minimum absolute atomic E-state index is 0.427. The monoisotopic (exact) mass is 247 g/mol. The van der Waals surface area contributed by atoms with E-state index >= 15 is 0 Å². The molecule has 1 heterocycles. The van der Waals surface area contributed by atoms with Crippen LogP contribution in [0.3, 0.4) is 0 Å². The number of carbonyl (C=O) groups is 1. The highest BCUT2D eigenvalue weighted by molar-refractivity contribution is 5.96. The third kappa shape index (κ3) is 2.27. The van der Waals surface area contributed by atoms with Crippen LogP contribution in [0.1, 0.15) is 22.5 Å². The molecule has 0 aliphatic heterocycles. The minimum Gasteiger partial charge on any atom is -0.489 e.